The van der Waals surface area contributed by atoms with Gasteiger partial charge in [-0.15, -0.1) is 0 Å². The van der Waals surface area contributed by atoms with Crippen molar-refractivity contribution in [2.75, 3.05) is 33.2 Å². The van der Waals surface area contributed by atoms with Crippen molar-refractivity contribution < 1.29 is 13.2 Å². The van der Waals surface area contributed by atoms with Crippen LogP contribution in [0.4, 0.5) is 13.2 Å². The van der Waals surface area contributed by atoms with Gasteiger partial charge >= 0.3 is 6.18 Å². The van der Waals surface area contributed by atoms with Gasteiger partial charge in [-0.2, -0.15) is 13.2 Å². The lowest BCUT2D eigenvalue weighted by atomic mass is 9.81. The lowest BCUT2D eigenvalue weighted by Crippen LogP contribution is -2.43. The number of hydrogen-bond acceptors (Lipinski definition) is 2. The van der Waals surface area contributed by atoms with Gasteiger partial charge in [0, 0.05) is 19.6 Å². The van der Waals surface area contributed by atoms with Crippen LogP contribution >= 0.6 is 0 Å². The van der Waals surface area contributed by atoms with Gasteiger partial charge in [-0.1, -0.05) is 20.8 Å². The highest BCUT2D eigenvalue weighted by molar-refractivity contribution is 4.82. The molecule has 0 amide bonds. The van der Waals surface area contributed by atoms with Crippen LogP contribution in [0.15, 0.2) is 0 Å². The molecule has 0 aromatic carbocycles. The van der Waals surface area contributed by atoms with E-state index in [0.29, 0.717) is 6.54 Å². The third kappa shape index (κ3) is 7.21. The molecule has 0 bridgehead atoms. The van der Waals surface area contributed by atoms with Crippen LogP contribution in [0.25, 0.3) is 0 Å². The lowest BCUT2D eigenvalue weighted by molar-refractivity contribution is -0.138. The van der Waals surface area contributed by atoms with Crippen molar-refractivity contribution in [2.45, 2.75) is 46.2 Å². The fourth-order valence-corrected chi connectivity index (χ4v) is 2.14. The number of alkyl halides is 3. The fraction of sp³-hybridized carbons (Fsp3) is 1.00. The first kappa shape index (κ1) is 17.7. The molecule has 0 aliphatic heterocycles. The van der Waals surface area contributed by atoms with Crippen LogP contribution in [-0.4, -0.2) is 44.3 Å². The van der Waals surface area contributed by atoms with Crippen LogP contribution in [0.3, 0.4) is 0 Å². The Balaban J connectivity index is 4.30. The van der Waals surface area contributed by atoms with Crippen LogP contribution in [0, 0.1) is 5.41 Å². The van der Waals surface area contributed by atoms with Crippen LogP contribution in [0.5, 0.6) is 0 Å². The van der Waals surface area contributed by atoms with Gasteiger partial charge in [0.1, 0.15) is 0 Å². The SMILES string of the molecule is CCNCC(CC)(CC)CN(C)CCC(F)(F)F. The number of halogens is 3. The van der Waals surface area contributed by atoms with Gasteiger partial charge in [-0.3, -0.25) is 0 Å². The van der Waals surface area contributed by atoms with Gasteiger partial charge in [0.2, 0.25) is 0 Å². The smallest absolute Gasteiger partial charge is 0.316 e. The molecule has 0 rings (SSSR count). The van der Waals surface area contributed by atoms with Crippen LogP contribution < -0.4 is 5.32 Å². The van der Waals surface area contributed by atoms with Gasteiger partial charge in [0.05, 0.1) is 6.42 Å². The number of nitrogens with zero attached hydrogens (tertiary/aromatic N) is 1. The summed E-state index contributed by atoms with van der Waals surface area (Å²) in [5.41, 5.74) is 0.0797. The van der Waals surface area contributed by atoms with E-state index in [-0.39, 0.29) is 12.0 Å². The highest BCUT2D eigenvalue weighted by Crippen LogP contribution is 2.27. The largest absolute Gasteiger partial charge is 0.390 e. The third-order valence-corrected chi connectivity index (χ3v) is 3.63. The Kier molecular flexibility index (Phi) is 7.87. The molecule has 0 radical (unpaired) electrons. The molecule has 0 unspecified atom stereocenters. The molecule has 0 saturated carbocycles. The van der Waals surface area contributed by atoms with E-state index in [1.807, 2.05) is 6.92 Å². The van der Waals surface area contributed by atoms with Crippen molar-refractivity contribution in [1.82, 2.24) is 10.2 Å². The minimum atomic E-state index is -4.06. The minimum Gasteiger partial charge on any atom is -0.316 e. The first-order valence-electron chi connectivity index (χ1n) is 6.74. The summed E-state index contributed by atoms with van der Waals surface area (Å²) in [6.45, 7) is 8.82. The molecule has 0 saturated heterocycles. The maximum absolute atomic E-state index is 12.2. The third-order valence-electron chi connectivity index (χ3n) is 3.63. The summed E-state index contributed by atoms with van der Waals surface area (Å²) in [6.07, 6.45) is -2.83. The first-order valence-corrected chi connectivity index (χ1v) is 6.74. The van der Waals surface area contributed by atoms with Gasteiger partial charge < -0.3 is 10.2 Å². The van der Waals surface area contributed by atoms with E-state index < -0.39 is 12.6 Å². The van der Waals surface area contributed by atoms with E-state index in [4.69, 9.17) is 0 Å². The Morgan fingerprint density at radius 1 is 1.06 bits per heavy atom. The summed E-state index contributed by atoms with van der Waals surface area (Å²) in [5.74, 6) is 0. The molecule has 18 heavy (non-hydrogen) atoms. The van der Waals surface area contributed by atoms with Crippen molar-refractivity contribution >= 4 is 0 Å². The molecule has 0 spiro atoms. The van der Waals surface area contributed by atoms with Crippen molar-refractivity contribution in [1.29, 1.82) is 0 Å². The van der Waals surface area contributed by atoms with Crippen molar-refractivity contribution in [3.63, 3.8) is 0 Å². The van der Waals surface area contributed by atoms with Crippen molar-refractivity contribution in [3.8, 4) is 0 Å². The maximum atomic E-state index is 12.2. The summed E-state index contributed by atoms with van der Waals surface area (Å²) in [7, 11) is 1.78. The molecule has 2 nitrogen and oxygen atoms in total. The highest BCUT2D eigenvalue weighted by Gasteiger charge is 2.30. The minimum absolute atomic E-state index is 0.0797. The average Bonchev–Trinajstić information content (AvgIpc) is 2.31. The van der Waals surface area contributed by atoms with Gasteiger partial charge in [0.15, 0.2) is 0 Å². The first-order chi connectivity index (χ1) is 8.28. The summed E-state index contributed by atoms with van der Waals surface area (Å²) >= 11 is 0. The second kappa shape index (κ2) is 8.00. The molecule has 0 aromatic rings. The van der Waals surface area contributed by atoms with E-state index in [1.54, 1.807) is 11.9 Å². The number of hydrogen-bond donors (Lipinski definition) is 1. The average molecular weight is 268 g/mol. The molecule has 0 fully saturated rings. The summed E-state index contributed by atoms with van der Waals surface area (Å²) < 4.78 is 36.5. The summed E-state index contributed by atoms with van der Waals surface area (Å²) in [5, 5.41) is 3.32. The molecule has 0 aliphatic carbocycles. The van der Waals surface area contributed by atoms with Crippen LogP contribution in [0.1, 0.15) is 40.0 Å². The predicted octanol–water partition coefficient (Wildman–Crippen LogP) is 3.29. The molecule has 0 atom stereocenters. The number of nitrogens with one attached hydrogen (secondary N) is 1. The molecule has 0 aliphatic rings. The van der Waals surface area contributed by atoms with Crippen LogP contribution in [0.2, 0.25) is 0 Å². The highest BCUT2D eigenvalue weighted by atomic mass is 19.4. The Bertz CT molecular complexity index is 213. The zero-order valence-electron chi connectivity index (χ0n) is 12.0. The molecule has 5 heteroatoms. The monoisotopic (exact) mass is 268 g/mol. The van der Waals surface area contributed by atoms with Gasteiger partial charge in [0.25, 0.3) is 0 Å². The normalized spacial score (nSPS) is 13.3. The van der Waals surface area contributed by atoms with Crippen molar-refractivity contribution in [3.05, 3.63) is 0 Å². The summed E-state index contributed by atoms with van der Waals surface area (Å²) in [4.78, 5) is 1.80. The molecule has 110 valence electrons. The second-order valence-corrected chi connectivity index (χ2v) is 5.09. The summed E-state index contributed by atoms with van der Waals surface area (Å²) in [6, 6.07) is 0. The van der Waals surface area contributed by atoms with E-state index in [9.17, 15) is 13.2 Å². The second-order valence-electron chi connectivity index (χ2n) is 5.09. The Morgan fingerprint density at radius 2 is 1.61 bits per heavy atom. The Morgan fingerprint density at radius 3 is 2.00 bits per heavy atom. The topological polar surface area (TPSA) is 15.3 Å². The van der Waals surface area contributed by atoms with Gasteiger partial charge in [-0.25, -0.2) is 0 Å². The van der Waals surface area contributed by atoms with Crippen molar-refractivity contribution in [2.24, 2.45) is 5.41 Å². The fourth-order valence-electron chi connectivity index (χ4n) is 2.14. The zero-order valence-corrected chi connectivity index (χ0v) is 12.0. The number of rotatable bonds is 9. The lowest BCUT2D eigenvalue weighted by Gasteiger charge is -2.36. The van der Waals surface area contributed by atoms with E-state index in [2.05, 4.69) is 19.2 Å². The molecule has 0 heterocycles. The zero-order chi connectivity index (χ0) is 14.2. The molecular weight excluding hydrogens is 241 g/mol. The maximum Gasteiger partial charge on any atom is 0.390 e. The molecule has 0 aromatic heterocycles. The quantitative estimate of drug-likeness (QED) is 0.690. The van der Waals surface area contributed by atoms with Gasteiger partial charge in [-0.05, 0) is 31.8 Å². The Labute approximate surface area is 109 Å². The van der Waals surface area contributed by atoms with Crippen LogP contribution in [-0.2, 0) is 0 Å². The van der Waals surface area contributed by atoms with E-state index in [0.717, 1.165) is 25.9 Å². The van der Waals surface area contributed by atoms with E-state index in [1.165, 1.54) is 0 Å². The Hall–Kier alpha value is -0.290. The predicted molar refractivity (Wildman–Crippen MR) is 69.7 cm³/mol. The molecule has 1 N–H and O–H groups in total. The molecular formula is C13H27F3N2. The van der Waals surface area contributed by atoms with E-state index >= 15 is 0 Å². The standard InChI is InChI=1S/C13H27F3N2/c1-5-12(6-2,10-17-7-3)11-18(4)9-8-13(14,15)16/h17H,5-11H2,1-4H3.